The second kappa shape index (κ2) is 5.71. The number of nitrogens with one attached hydrogen (secondary N) is 2. The largest absolute Gasteiger partial charge is 0.482 e. The van der Waals surface area contributed by atoms with Crippen LogP contribution in [0.3, 0.4) is 0 Å². The summed E-state index contributed by atoms with van der Waals surface area (Å²) in [4.78, 5) is 23.4. The van der Waals surface area contributed by atoms with E-state index in [9.17, 15) is 9.59 Å². The summed E-state index contributed by atoms with van der Waals surface area (Å²) in [5, 5.41) is 5.48. The lowest BCUT2D eigenvalue weighted by Gasteiger charge is -2.19. The van der Waals surface area contributed by atoms with Crippen LogP contribution in [0.1, 0.15) is 12.8 Å². The number of ether oxygens (including phenoxy) is 2. The fourth-order valence-corrected chi connectivity index (χ4v) is 2.46. The van der Waals surface area contributed by atoms with Gasteiger partial charge in [0.15, 0.2) is 6.61 Å². The third kappa shape index (κ3) is 2.98. The number of fused-ring (bicyclic) bond motifs is 1. The predicted molar refractivity (Wildman–Crippen MR) is 76.1 cm³/mol. The van der Waals surface area contributed by atoms with E-state index in [0.29, 0.717) is 30.1 Å². The molecular weight excluding hydrogens is 274 g/mol. The summed E-state index contributed by atoms with van der Waals surface area (Å²) < 4.78 is 10.8. The molecule has 7 heteroatoms. The predicted octanol–water partition coefficient (Wildman–Crippen LogP) is 0.462. The smallest absolute Gasteiger partial charge is 0.262 e. The highest BCUT2D eigenvalue weighted by Gasteiger charge is 2.30. The van der Waals surface area contributed by atoms with Crippen LogP contribution in [-0.4, -0.2) is 37.2 Å². The van der Waals surface area contributed by atoms with Gasteiger partial charge in [-0.2, -0.15) is 0 Å². The molecule has 1 fully saturated rings. The fraction of sp³-hybridized carbons (Fsp3) is 0.429. The van der Waals surface area contributed by atoms with Crippen LogP contribution in [0.15, 0.2) is 18.2 Å². The van der Waals surface area contributed by atoms with Crippen molar-refractivity contribution in [3.8, 4) is 5.75 Å². The SMILES string of the molecule is NCC1CCC(C(=O)Nc2ccc3c(c2)NC(=O)CO3)O1. The summed E-state index contributed by atoms with van der Waals surface area (Å²) in [7, 11) is 0. The maximum atomic E-state index is 12.1. The van der Waals surface area contributed by atoms with E-state index < -0.39 is 6.10 Å². The Hall–Kier alpha value is -2.12. The average molecular weight is 291 g/mol. The first-order valence-electron chi connectivity index (χ1n) is 6.89. The van der Waals surface area contributed by atoms with E-state index in [0.717, 1.165) is 6.42 Å². The van der Waals surface area contributed by atoms with Gasteiger partial charge in [-0.05, 0) is 31.0 Å². The van der Waals surface area contributed by atoms with Crippen LogP contribution in [0.25, 0.3) is 0 Å². The Labute approximate surface area is 121 Å². The minimum absolute atomic E-state index is 0.00902. The van der Waals surface area contributed by atoms with Crippen LogP contribution in [0.5, 0.6) is 5.75 Å². The van der Waals surface area contributed by atoms with Crippen molar-refractivity contribution in [2.75, 3.05) is 23.8 Å². The molecule has 2 heterocycles. The second-order valence-electron chi connectivity index (χ2n) is 5.10. The summed E-state index contributed by atoms with van der Waals surface area (Å²) in [5.41, 5.74) is 6.67. The molecule has 3 rings (SSSR count). The van der Waals surface area contributed by atoms with E-state index in [1.54, 1.807) is 18.2 Å². The van der Waals surface area contributed by atoms with E-state index in [-0.39, 0.29) is 24.5 Å². The minimum atomic E-state index is -0.472. The Morgan fingerprint density at radius 3 is 3.05 bits per heavy atom. The quantitative estimate of drug-likeness (QED) is 0.751. The number of anilines is 2. The Morgan fingerprint density at radius 2 is 2.29 bits per heavy atom. The zero-order valence-electron chi connectivity index (χ0n) is 11.4. The van der Waals surface area contributed by atoms with E-state index >= 15 is 0 Å². The number of amides is 2. The Kier molecular flexibility index (Phi) is 3.76. The molecule has 1 saturated heterocycles. The number of nitrogens with two attached hydrogens (primary N) is 1. The van der Waals surface area contributed by atoms with Gasteiger partial charge in [0.2, 0.25) is 0 Å². The summed E-state index contributed by atoms with van der Waals surface area (Å²) in [6.07, 6.45) is 0.943. The van der Waals surface area contributed by atoms with Gasteiger partial charge >= 0.3 is 0 Å². The van der Waals surface area contributed by atoms with Crippen molar-refractivity contribution in [2.45, 2.75) is 25.0 Å². The Balaban J connectivity index is 1.66. The zero-order valence-corrected chi connectivity index (χ0v) is 11.4. The van der Waals surface area contributed by atoms with Gasteiger partial charge in [-0.1, -0.05) is 0 Å². The molecule has 0 aromatic heterocycles. The standard InChI is InChI=1S/C14H17N3O4/c15-6-9-2-4-12(21-9)14(19)16-8-1-3-11-10(5-8)17-13(18)7-20-11/h1,3,5,9,12H,2,4,6-7,15H2,(H,16,19)(H,17,18). The van der Waals surface area contributed by atoms with Crippen molar-refractivity contribution in [1.82, 2.24) is 0 Å². The topological polar surface area (TPSA) is 103 Å². The molecule has 0 saturated carbocycles. The van der Waals surface area contributed by atoms with E-state index in [1.807, 2.05) is 0 Å². The first-order chi connectivity index (χ1) is 10.2. The zero-order chi connectivity index (χ0) is 14.8. The second-order valence-corrected chi connectivity index (χ2v) is 5.10. The Bertz CT molecular complexity index is 575. The van der Waals surface area contributed by atoms with Gasteiger partial charge in [0.05, 0.1) is 11.8 Å². The number of hydrogen-bond acceptors (Lipinski definition) is 5. The molecule has 112 valence electrons. The summed E-state index contributed by atoms with van der Waals surface area (Å²) >= 11 is 0. The van der Waals surface area contributed by atoms with Gasteiger partial charge in [0, 0.05) is 12.2 Å². The highest BCUT2D eigenvalue weighted by atomic mass is 16.5. The number of rotatable bonds is 3. The maximum Gasteiger partial charge on any atom is 0.262 e. The summed E-state index contributed by atoms with van der Waals surface area (Å²) in [5.74, 6) is 0.178. The first-order valence-corrected chi connectivity index (χ1v) is 6.89. The molecule has 0 radical (unpaired) electrons. The third-order valence-corrected chi connectivity index (χ3v) is 3.54. The molecule has 2 atom stereocenters. The maximum absolute atomic E-state index is 12.1. The normalized spacial score (nSPS) is 24.0. The molecule has 7 nitrogen and oxygen atoms in total. The molecular formula is C14H17N3O4. The van der Waals surface area contributed by atoms with Gasteiger partial charge in [0.25, 0.3) is 11.8 Å². The van der Waals surface area contributed by atoms with Crippen LogP contribution in [0.2, 0.25) is 0 Å². The van der Waals surface area contributed by atoms with Crippen LogP contribution >= 0.6 is 0 Å². The third-order valence-electron chi connectivity index (χ3n) is 3.54. The molecule has 2 unspecified atom stereocenters. The minimum Gasteiger partial charge on any atom is -0.482 e. The highest BCUT2D eigenvalue weighted by molar-refractivity contribution is 5.98. The monoisotopic (exact) mass is 291 g/mol. The van der Waals surface area contributed by atoms with Gasteiger partial charge < -0.3 is 25.8 Å². The van der Waals surface area contributed by atoms with Gasteiger partial charge in [-0.15, -0.1) is 0 Å². The first kappa shape index (κ1) is 13.8. The van der Waals surface area contributed by atoms with Crippen molar-refractivity contribution < 1.29 is 19.1 Å². The molecule has 2 aliphatic rings. The van der Waals surface area contributed by atoms with Crippen LogP contribution in [0, 0.1) is 0 Å². The van der Waals surface area contributed by atoms with E-state index in [4.69, 9.17) is 15.2 Å². The Morgan fingerprint density at radius 1 is 1.43 bits per heavy atom. The van der Waals surface area contributed by atoms with Crippen molar-refractivity contribution in [3.05, 3.63) is 18.2 Å². The molecule has 0 aliphatic carbocycles. The van der Waals surface area contributed by atoms with Crippen molar-refractivity contribution >= 4 is 23.2 Å². The van der Waals surface area contributed by atoms with Crippen molar-refractivity contribution in [2.24, 2.45) is 5.73 Å². The molecule has 0 spiro atoms. The fourth-order valence-electron chi connectivity index (χ4n) is 2.46. The van der Waals surface area contributed by atoms with E-state index in [1.165, 1.54) is 0 Å². The number of benzene rings is 1. The lowest BCUT2D eigenvalue weighted by atomic mass is 10.2. The van der Waals surface area contributed by atoms with E-state index in [2.05, 4.69) is 10.6 Å². The molecule has 2 amide bonds. The van der Waals surface area contributed by atoms with Crippen LogP contribution in [0.4, 0.5) is 11.4 Å². The lowest BCUT2D eigenvalue weighted by molar-refractivity contribution is -0.126. The molecule has 4 N–H and O–H groups in total. The summed E-state index contributed by atoms with van der Waals surface area (Å²) in [6, 6.07) is 5.10. The molecule has 2 aliphatic heterocycles. The molecule has 1 aromatic carbocycles. The summed E-state index contributed by atoms with van der Waals surface area (Å²) in [6.45, 7) is 0.432. The van der Waals surface area contributed by atoms with Gasteiger partial charge in [-0.25, -0.2) is 0 Å². The van der Waals surface area contributed by atoms with Crippen molar-refractivity contribution in [1.29, 1.82) is 0 Å². The average Bonchev–Trinajstić information content (AvgIpc) is 2.96. The number of hydrogen-bond donors (Lipinski definition) is 3. The number of carbonyl (C=O) groups excluding carboxylic acids is 2. The van der Waals surface area contributed by atoms with Gasteiger partial charge in [0.1, 0.15) is 11.9 Å². The molecule has 21 heavy (non-hydrogen) atoms. The van der Waals surface area contributed by atoms with Crippen LogP contribution < -0.4 is 21.1 Å². The molecule has 0 bridgehead atoms. The highest BCUT2D eigenvalue weighted by Crippen LogP contribution is 2.30. The van der Waals surface area contributed by atoms with Crippen LogP contribution in [-0.2, 0) is 14.3 Å². The lowest BCUT2D eigenvalue weighted by Crippen LogP contribution is -2.30. The van der Waals surface area contributed by atoms with Gasteiger partial charge in [-0.3, -0.25) is 9.59 Å². The molecule has 1 aromatic rings. The van der Waals surface area contributed by atoms with Crippen molar-refractivity contribution in [3.63, 3.8) is 0 Å². The number of carbonyl (C=O) groups is 2.